The molecule has 2 rings (SSSR count). The van der Waals surface area contributed by atoms with E-state index in [1.54, 1.807) is 6.34 Å². The van der Waals surface area contributed by atoms with E-state index >= 15 is 0 Å². The predicted molar refractivity (Wildman–Crippen MR) is 86.9 cm³/mol. The number of benzene rings is 2. The van der Waals surface area contributed by atoms with E-state index in [-0.39, 0.29) is 6.67 Å². The van der Waals surface area contributed by atoms with Crippen molar-refractivity contribution in [2.24, 2.45) is 10.7 Å². The van der Waals surface area contributed by atoms with Gasteiger partial charge in [0.05, 0.1) is 13.0 Å². The minimum atomic E-state index is 0.250. The second-order valence-corrected chi connectivity index (χ2v) is 5.12. The van der Waals surface area contributed by atoms with Crippen LogP contribution in [0.4, 0.5) is 5.69 Å². The molecule has 0 spiro atoms. The molecule has 0 aliphatic heterocycles. The van der Waals surface area contributed by atoms with Gasteiger partial charge in [-0.3, -0.25) is 4.99 Å². The molecule has 0 bridgehead atoms. The van der Waals surface area contributed by atoms with E-state index < -0.39 is 0 Å². The summed E-state index contributed by atoms with van der Waals surface area (Å²) < 4.78 is 0. The second kappa shape index (κ2) is 7.29. The van der Waals surface area contributed by atoms with Crippen LogP contribution < -0.4 is 11.1 Å². The van der Waals surface area contributed by atoms with Gasteiger partial charge in [0, 0.05) is 15.7 Å². The van der Waals surface area contributed by atoms with E-state index in [1.165, 1.54) is 5.56 Å². The summed E-state index contributed by atoms with van der Waals surface area (Å²) in [6, 6.07) is 13.5. The third-order valence-electron chi connectivity index (χ3n) is 2.80. The van der Waals surface area contributed by atoms with E-state index in [1.807, 2.05) is 42.5 Å². The lowest BCUT2D eigenvalue weighted by Gasteiger charge is -2.10. The number of halogens is 2. The fraction of sp³-hybridized carbons (Fsp3) is 0.133. The Balaban J connectivity index is 2.21. The molecule has 104 valence electrons. The van der Waals surface area contributed by atoms with Crippen LogP contribution in [0.15, 0.2) is 47.5 Å². The van der Waals surface area contributed by atoms with Gasteiger partial charge in [-0.25, -0.2) is 0 Å². The highest BCUT2D eigenvalue weighted by atomic mass is 35.5. The SMILES string of the molecule is NC/N=C\Nc1cc(Cl)ccc1Cc1ccc(Cl)cc1. The Hall–Kier alpha value is -1.55. The lowest BCUT2D eigenvalue weighted by atomic mass is 10.0. The molecule has 20 heavy (non-hydrogen) atoms. The van der Waals surface area contributed by atoms with Crippen molar-refractivity contribution in [3.8, 4) is 0 Å². The Morgan fingerprint density at radius 2 is 1.75 bits per heavy atom. The number of hydrogen-bond donors (Lipinski definition) is 2. The minimum Gasteiger partial charge on any atom is -0.346 e. The number of rotatable bonds is 5. The maximum absolute atomic E-state index is 6.03. The van der Waals surface area contributed by atoms with Crippen LogP contribution in [0.25, 0.3) is 0 Å². The van der Waals surface area contributed by atoms with Crippen molar-refractivity contribution in [2.45, 2.75) is 6.42 Å². The van der Waals surface area contributed by atoms with Crippen LogP contribution in [0.5, 0.6) is 0 Å². The zero-order chi connectivity index (χ0) is 14.4. The topological polar surface area (TPSA) is 50.4 Å². The van der Waals surface area contributed by atoms with Crippen molar-refractivity contribution >= 4 is 35.2 Å². The fourth-order valence-electron chi connectivity index (χ4n) is 1.83. The van der Waals surface area contributed by atoms with E-state index in [4.69, 9.17) is 28.9 Å². The molecule has 0 heterocycles. The van der Waals surface area contributed by atoms with Gasteiger partial charge in [-0.05, 0) is 41.8 Å². The number of nitrogens with zero attached hydrogens (tertiary/aromatic N) is 1. The van der Waals surface area contributed by atoms with Gasteiger partial charge in [0.15, 0.2) is 0 Å². The summed E-state index contributed by atoms with van der Waals surface area (Å²) in [5.41, 5.74) is 8.54. The van der Waals surface area contributed by atoms with Crippen molar-refractivity contribution in [2.75, 3.05) is 12.0 Å². The maximum atomic E-state index is 6.03. The van der Waals surface area contributed by atoms with Crippen LogP contribution in [0.1, 0.15) is 11.1 Å². The summed E-state index contributed by atoms with van der Waals surface area (Å²) in [6.45, 7) is 0.250. The molecule has 0 saturated carbocycles. The van der Waals surface area contributed by atoms with Crippen LogP contribution in [0.2, 0.25) is 10.0 Å². The molecule has 0 radical (unpaired) electrons. The molecule has 0 amide bonds. The van der Waals surface area contributed by atoms with E-state index in [0.717, 1.165) is 22.7 Å². The van der Waals surface area contributed by atoms with Crippen LogP contribution >= 0.6 is 23.2 Å². The number of anilines is 1. The smallest absolute Gasteiger partial charge is 0.0884 e. The first-order valence-corrected chi connectivity index (χ1v) is 6.92. The fourth-order valence-corrected chi connectivity index (χ4v) is 2.13. The van der Waals surface area contributed by atoms with Crippen molar-refractivity contribution in [1.82, 2.24) is 0 Å². The van der Waals surface area contributed by atoms with Gasteiger partial charge in [-0.15, -0.1) is 0 Å². The van der Waals surface area contributed by atoms with E-state index in [2.05, 4.69) is 10.3 Å². The number of aliphatic imine (C=N–C) groups is 1. The highest BCUT2D eigenvalue weighted by Gasteiger charge is 2.04. The molecule has 2 aromatic carbocycles. The normalized spacial score (nSPS) is 10.9. The standard InChI is InChI=1S/C15H15Cl2N3/c16-13-4-1-11(2-5-13)7-12-3-6-14(17)8-15(12)20-10-19-9-18/h1-6,8,10H,7,9,18H2,(H,19,20). The Kier molecular flexibility index (Phi) is 5.41. The number of hydrogen-bond acceptors (Lipinski definition) is 2. The third kappa shape index (κ3) is 4.23. The van der Waals surface area contributed by atoms with Gasteiger partial charge in [-0.1, -0.05) is 41.4 Å². The summed E-state index contributed by atoms with van der Waals surface area (Å²) in [4.78, 5) is 3.94. The Labute approximate surface area is 128 Å². The van der Waals surface area contributed by atoms with Gasteiger partial charge in [0.25, 0.3) is 0 Å². The number of nitrogens with two attached hydrogens (primary N) is 1. The number of nitrogens with one attached hydrogen (secondary N) is 1. The molecular weight excluding hydrogens is 293 g/mol. The molecule has 3 nitrogen and oxygen atoms in total. The van der Waals surface area contributed by atoms with Gasteiger partial charge < -0.3 is 11.1 Å². The Bertz CT molecular complexity index is 595. The molecule has 0 atom stereocenters. The first kappa shape index (κ1) is 14.9. The summed E-state index contributed by atoms with van der Waals surface area (Å²) in [6.07, 6.45) is 2.37. The van der Waals surface area contributed by atoms with Crippen molar-refractivity contribution in [3.05, 3.63) is 63.6 Å². The highest BCUT2D eigenvalue weighted by molar-refractivity contribution is 6.31. The van der Waals surface area contributed by atoms with Gasteiger partial charge >= 0.3 is 0 Å². The molecule has 3 N–H and O–H groups in total. The largest absolute Gasteiger partial charge is 0.346 e. The minimum absolute atomic E-state index is 0.250. The van der Waals surface area contributed by atoms with E-state index in [0.29, 0.717) is 5.02 Å². The highest BCUT2D eigenvalue weighted by Crippen LogP contribution is 2.23. The lowest BCUT2D eigenvalue weighted by molar-refractivity contribution is 1.08. The molecule has 5 heteroatoms. The average Bonchev–Trinajstić information content (AvgIpc) is 2.44. The molecule has 0 aromatic heterocycles. The zero-order valence-corrected chi connectivity index (χ0v) is 12.3. The Morgan fingerprint density at radius 3 is 2.45 bits per heavy atom. The van der Waals surface area contributed by atoms with Gasteiger partial charge in [-0.2, -0.15) is 0 Å². The molecule has 0 unspecified atom stereocenters. The van der Waals surface area contributed by atoms with Crippen molar-refractivity contribution in [1.29, 1.82) is 0 Å². The molecule has 0 saturated heterocycles. The summed E-state index contributed by atoms with van der Waals surface area (Å²) in [5.74, 6) is 0. The van der Waals surface area contributed by atoms with Crippen molar-refractivity contribution < 1.29 is 0 Å². The summed E-state index contributed by atoms with van der Waals surface area (Å²) >= 11 is 11.9. The quantitative estimate of drug-likeness (QED) is 0.649. The average molecular weight is 308 g/mol. The zero-order valence-electron chi connectivity index (χ0n) is 10.8. The molecular formula is C15H15Cl2N3. The van der Waals surface area contributed by atoms with Crippen molar-refractivity contribution in [3.63, 3.8) is 0 Å². The summed E-state index contributed by atoms with van der Waals surface area (Å²) in [5, 5.41) is 4.51. The first-order valence-electron chi connectivity index (χ1n) is 6.17. The van der Waals surface area contributed by atoms with Crippen LogP contribution in [-0.4, -0.2) is 13.0 Å². The first-order chi connectivity index (χ1) is 9.69. The van der Waals surface area contributed by atoms with E-state index in [9.17, 15) is 0 Å². The molecule has 0 aliphatic carbocycles. The van der Waals surface area contributed by atoms with Crippen LogP contribution in [0, 0.1) is 0 Å². The van der Waals surface area contributed by atoms with Gasteiger partial charge in [0.1, 0.15) is 0 Å². The van der Waals surface area contributed by atoms with Gasteiger partial charge in [0.2, 0.25) is 0 Å². The third-order valence-corrected chi connectivity index (χ3v) is 3.28. The van der Waals surface area contributed by atoms with Crippen LogP contribution in [-0.2, 0) is 6.42 Å². The summed E-state index contributed by atoms with van der Waals surface area (Å²) in [7, 11) is 0. The predicted octanol–water partition coefficient (Wildman–Crippen LogP) is 3.94. The molecule has 0 aliphatic rings. The lowest BCUT2D eigenvalue weighted by Crippen LogP contribution is -2.03. The van der Waals surface area contributed by atoms with Crippen LogP contribution in [0.3, 0.4) is 0 Å². The molecule has 0 fully saturated rings. The second-order valence-electron chi connectivity index (χ2n) is 4.24. The Morgan fingerprint density at radius 1 is 1.05 bits per heavy atom. The monoisotopic (exact) mass is 307 g/mol. The molecule has 2 aromatic rings. The maximum Gasteiger partial charge on any atom is 0.0884 e.